The number of aromatic hydroxyl groups is 1. The first kappa shape index (κ1) is 101. The monoisotopic (exact) mass is 1830 g/mol. The number of alkyl halides is 9. The predicted octanol–water partition coefficient (Wildman–Crippen LogP) is 15.1. The van der Waals surface area contributed by atoms with Gasteiger partial charge in [0.2, 0.25) is 0 Å². The number of anilines is 1. The van der Waals surface area contributed by atoms with Crippen LogP contribution >= 0.6 is 12.2 Å². The summed E-state index contributed by atoms with van der Waals surface area (Å²) in [6.45, 7) is 19.4. The molecule has 2 amide bonds. The van der Waals surface area contributed by atoms with E-state index in [2.05, 4.69) is 43.0 Å². The van der Waals surface area contributed by atoms with Crippen LogP contribution < -0.4 is 28.7 Å². The van der Waals surface area contributed by atoms with E-state index >= 15 is 0 Å². The summed E-state index contributed by atoms with van der Waals surface area (Å²) < 4.78 is 202. The molecule has 0 aliphatic carbocycles. The Kier molecular flexibility index (Phi) is 38.1. The zero-order valence-corrected chi connectivity index (χ0v) is 72.2. The van der Waals surface area contributed by atoms with Gasteiger partial charge in [-0.1, -0.05) is 97.1 Å². The molecule has 8 heterocycles. The molecule has 0 radical (unpaired) electrons. The lowest BCUT2D eigenvalue weighted by Gasteiger charge is -2.40. The second-order valence-corrected chi connectivity index (χ2v) is 33.2. The highest BCUT2D eigenvalue weighted by Gasteiger charge is 2.53. The number of carbonyl (C=O) groups excluding carboxylic acids is 5. The van der Waals surface area contributed by atoms with E-state index in [0.717, 1.165) is 84.7 Å². The lowest BCUT2D eigenvalue weighted by Crippen LogP contribution is -2.46. The number of nitrogens with one attached hydrogen (secondary N) is 1. The number of hydrogen-bond donors (Lipinski definition) is 4. The summed E-state index contributed by atoms with van der Waals surface area (Å²) in [6, 6.07) is 48.2. The highest BCUT2D eigenvalue weighted by molar-refractivity contribution is 8.12. The Morgan fingerprint density at radius 1 is 0.524 bits per heavy atom. The van der Waals surface area contributed by atoms with Crippen LogP contribution in [-0.4, -0.2) is 204 Å². The average Bonchev–Trinajstić information content (AvgIpc) is 0.781. The highest BCUT2D eigenvalue weighted by atomic mass is 32.3. The minimum atomic E-state index is -5.99. The third-order valence-corrected chi connectivity index (χ3v) is 23.8. The standard InChI is InChI=1S/C24H27NO3.C14H13F3O5S.C13H14O3.C11H16BNO3.C8H5F6NO4S2.C8H8O2.C5H8O2.C4H9N/c1-3-25(4-2)23(26)19-11-9-18(10-12-19)21-17-24(13-15-27-16-14-24)28-22-8-6-5-7-20(21)22;15-14(16,17)23(18,19)22-12-9-13(5-7-20-8-6-13)21-11-4-2-1-3-10(11)12;14-11-9-13(5-7-15-8-6-13)16-12-4-2-1-3-10(11)12;1-3-13(4-2)11(14)9-5-7-10(8-6-9)12(15)16;9-7(10,11)18-19-20-15(6-4-2-1-3-5-6)21(16,17)8(12,13)14;1-6(9)7-4-2-3-5-8(7)10;6-5-1-3-7-4-2-5;1-2-4-5-3-1/h5-12,17H,3-4,13-16H2,1-2H3;1-4,9H,5-8H2;1-4H,5-9H2;5-8,15-16H,3-4H2,1-2H3;1-5H;2-5,10H,1H3;1-4H2;5H,1-4H2. The van der Waals surface area contributed by atoms with Gasteiger partial charge in [0.1, 0.15) is 45.6 Å². The van der Waals surface area contributed by atoms with Crippen molar-refractivity contribution in [3.63, 3.8) is 0 Å². The summed E-state index contributed by atoms with van der Waals surface area (Å²) in [5.41, 5.74) is -7.03. The Labute approximate surface area is 729 Å². The van der Waals surface area contributed by atoms with Crippen molar-refractivity contribution < 1.29 is 142 Å². The Bertz CT molecular complexity index is 4990. The maximum absolute atomic E-state index is 12.6. The number of ketones is 3. The number of halogens is 9. The fourth-order valence-electron chi connectivity index (χ4n) is 13.5. The molecule has 5 saturated heterocycles. The molecule has 0 unspecified atom stereocenters. The Balaban J connectivity index is 0.000000185. The normalized spacial score (nSPS) is 16.9. The number of carbonyl (C=O) groups is 5. The molecule has 3 spiro atoms. The summed E-state index contributed by atoms with van der Waals surface area (Å²) >= 11 is -0.782. The van der Waals surface area contributed by atoms with Crippen molar-refractivity contribution in [1.82, 2.24) is 15.1 Å². The second-order valence-electron chi connectivity index (χ2n) is 29.0. The molecule has 0 bridgehead atoms. The van der Waals surface area contributed by atoms with Crippen LogP contribution in [0.5, 0.6) is 23.0 Å². The minimum absolute atomic E-state index is 0.0380. The third kappa shape index (κ3) is 29.3. The Hall–Kier alpha value is -9.91. The van der Waals surface area contributed by atoms with Crippen LogP contribution in [0, 0.1) is 0 Å². The summed E-state index contributed by atoms with van der Waals surface area (Å²) in [5.74, 6) is 2.09. The van der Waals surface area contributed by atoms with E-state index in [1.54, 1.807) is 65.6 Å². The molecular formula is C87H100BF9N4O22S3. The first-order chi connectivity index (χ1) is 59.8. The Morgan fingerprint density at radius 2 is 0.960 bits per heavy atom. The van der Waals surface area contributed by atoms with Gasteiger partial charge in [-0.2, -0.15) is 46.9 Å². The fourth-order valence-corrected chi connectivity index (χ4v) is 15.6. The van der Waals surface area contributed by atoms with E-state index in [1.807, 2.05) is 87.2 Å². The molecule has 8 aliphatic heterocycles. The molecule has 684 valence electrons. The van der Waals surface area contributed by atoms with Gasteiger partial charge in [-0.25, -0.2) is 0 Å². The second kappa shape index (κ2) is 47.2. The molecule has 0 saturated carbocycles. The van der Waals surface area contributed by atoms with Crippen LogP contribution in [0.25, 0.3) is 11.3 Å². The van der Waals surface area contributed by atoms with Crippen LogP contribution in [0.15, 0.2) is 188 Å². The number of phenols is 1. The van der Waals surface area contributed by atoms with Crippen molar-refractivity contribution in [3.05, 3.63) is 227 Å². The van der Waals surface area contributed by atoms with Gasteiger partial charge < -0.3 is 67.6 Å². The van der Waals surface area contributed by atoms with Crippen molar-refractivity contribution in [2.24, 2.45) is 0 Å². The molecule has 0 atom stereocenters. The number of ether oxygens (including phenoxy) is 7. The number of sulfonamides is 1. The number of hydrogen-bond acceptors (Lipinski definition) is 24. The van der Waals surface area contributed by atoms with Crippen molar-refractivity contribution in [3.8, 4) is 23.0 Å². The minimum Gasteiger partial charge on any atom is -0.507 e. The predicted molar refractivity (Wildman–Crippen MR) is 452 cm³/mol. The molecule has 7 aromatic rings. The molecule has 5 fully saturated rings. The number of phenolic OH excluding ortho intramolecular Hbond substituents is 1. The van der Waals surface area contributed by atoms with Crippen molar-refractivity contribution in [2.45, 2.75) is 139 Å². The first-order valence-corrected chi connectivity index (χ1v) is 44.0. The van der Waals surface area contributed by atoms with Gasteiger partial charge in [0.05, 0.1) is 81.7 Å². The van der Waals surface area contributed by atoms with E-state index < -0.39 is 71.9 Å². The molecule has 0 aromatic heterocycles. The maximum atomic E-state index is 12.6. The van der Waals surface area contributed by atoms with E-state index in [1.165, 1.54) is 74.8 Å². The van der Waals surface area contributed by atoms with Gasteiger partial charge in [-0.15, -0.1) is 22.4 Å². The summed E-state index contributed by atoms with van der Waals surface area (Å²) in [5, 5.41) is 30.1. The number of rotatable bonds is 16. The van der Waals surface area contributed by atoms with Gasteiger partial charge in [0, 0.05) is 100 Å². The van der Waals surface area contributed by atoms with E-state index in [-0.39, 0.29) is 57.4 Å². The molecule has 126 heavy (non-hydrogen) atoms. The van der Waals surface area contributed by atoms with Gasteiger partial charge in [-0.05, 0) is 162 Å². The lowest BCUT2D eigenvalue weighted by molar-refractivity contribution is -0.440. The summed E-state index contributed by atoms with van der Waals surface area (Å²) in [7, 11) is -13.2. The topological polar surface area (TPSA) is 328 Å². The third-order valence-electron chi connectivity index (χ3n) is 20.3. The zero-order valence-electron chi connectivity index (χ0n) is 69.7. The highest BCUT2D eigenvalue weighted by Crippen LogP contribution is 2.46. The van der Waals surface area contributed by atoms with E-state index in [9.17, 15) is 80.3 Å². The lowest BCUT2D eigenvalue weighted by atomic mass is 9.80. The summed E-state index contributed by atoms with van der Waals surface area (Å²) in [4.78, 5) is 64.0. The number of para-hydroxylation sites is 5. The molecule has 39 heteroatoms. The van der Waals surface area contributed by atoms with E-state index in [4.69, 9.17) is 48.3 Å². The van der Waals surface area contributed by atoms with Crippen molar-refractivity contribution in [1.29, 1.82) is 0 Å². The van der Waals surface area contributed by atoms with Gasteiger partial charge in [0.15, 0.2) is 29.6 Å². The molecule has 26 nitrogen and oxygen atoms in total. The fraction of sp³-hybridized carbons (Fsp3) is 0.414. The first-order valence-electron chi connectivity index (χ1n) is 40.4. The van der Waals surface area contributed by atoms with Gasteiger partial charge in [-0.3, -0.25) is 24.0 Å². The number of amides is 2. The molecule has 15 rings (SSSR count). The number of fused-ring (bicyclic) bond motifs is 3. The number of nitrogens with zero attached hydrogens (tertiary/aromatic N) is 3. The molecule has 8 aliphatic rings. The van der Waals surface area contributed by atoms with Crippen molar-refractivity contribution in [2.75, 3.05) is 95.8 Å². The van der Waals surface area contributed by atoms with Crippen LogP contribution in [0.2, 0.25) is 0 Å². The quantitative estimate of drug-likeness (QED) is 0.00803. The summed E-state index contributed by atoms with van der Waals surface area (Å²) in [6.07, 6.45) is 6.89. The number of benzene rings is 7. The molecular weight excluding hydrogens is 1730 g/mol. The zero-order chi connectivity index (χ0) is 91.9. The average molecular weight is 1830 g/mol. The van der Waals surface area contributed by atoms with Crippen LogP contribution in [-0.2, 0) is 57.3 Å². The largest absolute Gasteiger partial charge is 0.550 e. The van der Waals surface area contributed by atoms with Crippen molar-refractivity contribution >= 4 is 91.1 Å². The Morgan fingerprint density at radius 3 is 1.40 bits per heavy atom. The van der Waals surface area contributed by atoms with Crippen LogP contribution in [0.4, 0.5) is 45.2 Å². The van der Waals surface area contributed by atoms with Crippen LogP contribution in [0.3, 0.4) is 0 Å². The SMILES string of the molecule is C1CCNC1.CC(=O)c1ccccc1O.CCN(CC)C(=O)c1ccc(B(O)O)cc1.CCN(CC)C(=O)c1ccc(C2=CC3(CCOCC3)Oc3ccccc32)cc1.O=C1CC2(CCOCC2)Oc2ccccc21.O=C1CCOCC1.O=S(=O)(N(SOOC(F)(F)F)c1ccccc1)C(F)(F)F.O=S(=O)(OC1=CC2(CCOCC2)Oc2ccccc21)C(F)(F)F. The maximum Gasteiger partial charge on any atom is 0.550 e. The number of Topliss-reactive ketones (excluding diaryl/α,β-unsaturated/α-hetero) is 3. The smallest absolute Gasteiger partial charge is 0.507 e. The van der Waals surface area contributed by atoms with Gasteiger partial charge in [0.25, 0.3) is 11.8 Å². The van der Waals surface area contributed by atoms with E-state index in [0.29, 0.717) is 120 Å². The molecule has 4 N–H and O–H groups in total. The van der Waals surface area contributed by atoms with Gasteiger partial charge >= 0.3 is 44.6 Å². The van der Waals surface area contributed by atoms with Crippen LogP contribution in [0.1, 0.15) is 163 Å². The molecule has 7 aromatic carbocycles.